The lowest BCUT2D eigenvalue weighted by molar-refractivity contribution is -0.117. The number of carbonyl (C=O) groups is 1. The van der Waals surface area contributed by atoms with Crippen LogP contribution in [0, 0.1) is 0 Å². The molecular weight excluding hydrogens is 406 g/mol. The van der Waals surface area contributed by atoms with Crippen molar-refractivity contribution >= 4 is 38.9 Å². The molecule has 156 valence electrons. The Hall–Kier alpha value is -3.40. The summed E-state index contributed by atoms with van der Waals surface area (Å²) in [6, 6.07) is 8.66. The molecule has 0 bridgehead atoms. The van der Waals surface area contributed by atoms with Crippen LogP contribution in [-0.2, 0) is 17.9 Å². The van der Waals surface area contributed by atoms with Crippen molar-refractivity contribution < 1.29 is 9.53 Å². The van der Waals surface area contributed by atoms with Crippen LogP contribution < -0.4 is 21.3 Å². The quantitative estimate of drug-likeness (QED) is 0.488. The van der Waals surface area contributed by atoms with Gasteiger partial charge in [-0.25, -0.2) is 13.9 Å². The Bertz CT molecular complexity index is 1350. The fourth-order valence-corrected chi connectivity index (χ4v) is 4.12. The van der Waals surface area contributed by atoms with Crippen molar-refractivity contribution in [2.45, 2.75) is 32.9 Å². The van der Waals surface area contributed by atoms with E-state index in [0.717, 1.165) is 17.5 Å². The monoisotopic (exact) mass is 427 g/mol. The Kier molecular flexibility index (Phi) is 5.40. The molecule has 0 saturated heterocycles. The predicted molar refractivity (Wildman–Crippen MR) is 116 cm³/mol. The number of rotatable bonds is 7. The Morgan fingerprint density at radius 2 is 2.10 bits per heavy atom. The van der Waals surface area contributed by atoms with Crippen LogP contribution in [0.5, 0.6) is 5.75 Å². The summed E-state index contributed by atoms with van der Waals surface area (Å²) in [5, 5.41) is 8.83. The predicted octanol–water partition coefficient (Wildman–Crippen LogP) is 2.32. The highest BCUT2D eigenvalue weighted by molar-refractivity contribution is 7.17. The van der Waals surface area contributed by atoms with Crippen LogP contribution in [0.4, 0.5) is 5.69 Å². The van der Waals surface area contributed by atoms with Crippen molar-refractivity contribution in [1.82, 2.24) is 18.7 Å². The topological polar surface area (TPSA) is 99.6 Å². The molecule has 3 heterocycles. The third-order valence-electron chi connectivity index (χ3n) is 4.77. The molecule has 0 aliphatic heterocycles. The molecule has 0 aliphatic carbocycles. The smallest absolute Gasteiger partial charge is 0.352 e. The Balaban J connectivity index is 1.73. The van der Waals surface area contributed by atoms with Gasteiger partial charge >= 0.3 is 5.69 Å². The van der Waals surface area contributed by atoms with Crippen LogP contribution in [0.25, 0.3) is 16.0 Å². The summed E-state index contributed by atoms with van der Waals surface area (Å²) < 4.78 is 9.66. The summed E-state index contributed by atoms with van der Waals surface area (Å²) in [5.74, 6) is 0.453. The molecule has 1 N–H and O–H groups in total. The van der Waals surface area contributed by atoms with Crippen LogP contribution in [-0.4, -0.2) is 31.8 Å². The number of hydrogen-bond acceptors (Lipinski definition) is 6. The Morgan fingerprint density at radius 1 is 1.27 bits per heavy atom. The van der Waals surface area contributed by atoms with Gasteiger partial charge in [0.25, 0.3) is 5.56 Å². The van der Waals surface area contributed by atoms with Crippen molar-refractivity contribution in [2.75, 3.05) is 12.4 Å². The van der Waals surface area contributed by atoms with Crippen molar-refractivity contribution in [1.29, 1.82) is 0 Å². The SMILES string of the molecule is CCCCn1c(=O)c2sccc2n2c(=O)n(CC(=O)Nc3cccc(OC)c3)nc12. The van der Waals surface area contributed by atoms with Gasteiger partial charge in [-0.2, -0.15) is 0 Å². The van der Waals surface area contributed by atoms with Gasteiger partial charge in [0.2, 0.25) is 11.7 Å². The minimum atomic E-state index is -0.459. The lowest BCUT2D eigenvalue weighted by Crippen LogP contribution is -2.29. The first-order valence-electron chi connectivity index (χ1n) is 9.57. The number of nitrogens with one attached hydrogen (secondary N) is 1. The van der Waals surface area contributed by atoms with Gasteiger partial charge in [0.05, 0.1) is 12.6 Å². The summed E-state index contributed by atoms with van der Waals surface area (Å²) in [7, 11) is 1.54. The van der Waals surface area contributed by atoms with Gasteiger partial charge in [-0.3, -0.25) is 14.2 Å². The van der Waals surface area contributed by atoms with E-state index in [9.17, 15) is 14.4 Å². The van der Waals surface area contributed by atoms with Crippen LogP contribution in [0.2, 0.25) is 0 Å². The van der Waals surface area contributed by atoms with Crippen molar-refractivity contribution in [2.24, 2.45) is 0 Å². The van der Waals surface area contributed by atoms with E-state index in [2.05, 4.69) is 10.4 Å². The van der Waals surface area contributed by atoms with Crippen molar-refractivity contribution in [3.63, 3.8) is 0 Å². The molecule has 9 nitrogen and oxygen atoms in total. The zero-order valence-electron chi connectivity index (χ0n) is 16.6. The zero-order chi connectivity index (χ0) is 21.3. The van der Waals surface area contributed by atoms with Gasteiger partial charge in [0, 0.05) is 18.3 Å². The molecule has 1 aromatic carbocycles. The molecule has 30 heavy (non-hydrogen) atoms. The van der Waals surface area contributed by atoms with Crippen molar-refractivity contribution in [3.05, 3.63) is 56.5 Å². The number of aryl methyl sites for hydroxylation is 1. The minimum Gasteiger partial charge on any atom is -0.497 e. The van der Waals surface area contributed by atoms with Gasteiger partial charge < -0.3 is 10.1 Å². The van der Waals surface area contributed by atoms with E-state index in [-0.39, 0.29) is 17.9 Å². The summed E-state index contributed by atoms with van der Waals surface area (Å²) in [4.78, 5) is 38.4. The molecule has 0 fully saturated rings. The number of hydrogen-bond donors (Lipinski definition) is 1. The van der Waals surface area contributed by atoms with E-state index >= 15 is 0 Å². The van der Waals surface area contributed by atoms with E-state index in [1.807, 2.05) is 6.92 Å². The number of fused-ring (bicyclic) bond motifs is 3. The van der Waals surface area contributed by atoms with E-state index in [1.165, 1.54) is 20.3 Å². The summed E-state index contributed by atoms with van der Waals surface area (Å²) >= 11 is 1.29. The molecule has 1 amide bonds. The highest BCUT2D eigenvalue weighted by Crippen LogP contribution is 2.18. The fraction of sp³-hybridized carbons (Fsp3) is 0.300. The third-order valence-corrected chi connectivity index (χ3v) is 5.66. The maximum atomic E-state index is 13.0. The van der Waals surface area contributed by atoms with E-state index in [4.69, 9.17) is 4.74 Å². The van der Waals surface area contributed by atoms with Gasteiger partial charge in [-0.05, 0) is 30.0 Å². The normalized spacial score (nSPS) is 11.3. The van der Waals surface area contributed by atoms with Crippen molar-refractivity contribution in [3.8, 4) is 5.75 Å². The maximum Gasteiger partial charge on any atom is 0.352 e. The van der Waals surface area contributed by atoms with Crippen LogP contribution >= 0.6 is 11.3 Å². The molecule has 0 aliphatic rings. The van der Waals surface area contributed by atoms with Gasteiger partial charge in [-0.15, -0.1) is 16.4 Å². The molecule has 0 atom stereocenters. The number of carbonyl (C=O) groups excluding carboxylic acids is 1. The van der Waals surface area contributed by atoms with Crippen LogP contribution in [0.15, 0.2) is 45.3 Å². The van der Waals surface area contributed by atoms with Gasteiger partial charge in [-0.1, -0.05) is 19.4 Å². The second kappa shape index (κ2) is 8.15. The molecule has 0 saturated carbocycles. The van der Waals surface area contributed by atoms with E-state index < -0.39 is 11.6 Å². The zero-order valence-corrected chi connectivity index (χ0v) is 17.4. The number of thiophene rings is 1. The number of nitrogens with zero attached hydrogens (tertiary/aromatic N) is 4. The van der Waals surface area contributed by atoms with Crippen LogP contribution in [0.1, 0.15) is 19.8 Å². The number of ether oxygens (including phenoxy) is 1. The lowest BCUT2D eigenvalue weighted by atomic mass is 10.3. The third kappa shape index (κ3) is 3.50. The molecule has 4 rings (SSSR count). The highest BCUT2D eigenvalue weighted by atomic mass is 32.1. The number of unbranched alkanes of at least 4 members (excludes halogenated alkanes) is 1. The van der Waals surface area contributed by atoms with E-state index in [0.29, 0.717) is 28.2 Å². The average Bonchev–Trinajstić information content (AvgIpc) is 3.33. The van der Waals surface area contributed by atoms with Gasteiger partial charge in [0.15, 0.2) is 0 Å². The number of anilines is 1. The second-order valence-electron chi connectivity index (χ2n) is 6.80. The second-order valence-corrected chi connectivity index (χ2v) is 7.72. The molecule has 3 aromatic heterocycles. The molecular formula is C20H21N5O4S. The van der Waals surface area contributed by atoms with Crippen LogP contribution in [0.3, 0.4) is 0 Å². The number of aromatic nitrogens is 4. The summed E-state index contributed by atoms with van der Waals surface area (Å²) in [5.41, 5.74) is 0.437. The molecule has 0 spiro atoms. The largest absolute Gasteiger partial charge is 0.497 e. The number of methoxy groups -OCH3 is 1. The molecule has 4 aromatic rings. The van der Waals surface area contributed by atoms with E-state index in [1.54, 1.807) is 42.8 Å². The lowest BCUT2D eigenvalue weighted by Gasteiger charge is -2.06. The molecule has 0 radical (unpaired) electrons. The highest BCUT2D eigenvalue weighted by Gasteiger charge is 2.19. The minimum absolute atomic E-state index is 0.168. The first-order valence-corrected chi connectivity index (χ1v) is 10.4. The first kappa shape index (κ1) is 19.9. The fourth-order valence-electron chi connectivity index (χ4n) is 3.29. The first-order chi connectivity index (χ1) is 14.5. The Labute approximate surface area is 175 Å². The average molecular weight is 427 g/mol. The summed E-state index contributed by atoms with van der Waals surface area (Å²) in [6.07, 6.45) is 1.68. The number of amides is 1. The summed E-state index contributed by atoms with van der Waals surface area (Å²) in [6.45, 7) is 2.21. The van der Waals surface area contributed by atoms with Gasteiger partial charge in [0.1, 0.15) is 17.0 Å². The standard InChI is InChI=1S/C20H21N5O4S/c1-3-4-9-23-18(27)17-15(8-10-30-17)25-19(23)22-24(20(25)28)12-16(26)21-13-6-5-7-14(11-13)29-2/h5-8,10-11H,3-4,9,12H2,1-2H3,(H,21,26). The maximum absolute atomic E-state index is 13.0. The molecule has 0 unspecified atom stereocenters. The molecule has 10 heteroatoms. The number of benzene rings is 1. The Morgan fingerprint density at radius 3 is 2.87 bits per heavy atom.